The van der Waals surface area contributed by atoms with Gasteiger partial charge in [-0.2, -0.15) is 5.01 Å². The highest BCUT2D eigenvalue weighted by Crippen LogP contribution is 2.12. The van der Waals surface area contributed by atoms with Crippen molar-refractivity contribution in [3.63, 3.8) is 0 Å². The van der Waals surface area contributed by atoms with E-state index in [-0.39, 0.29) is 12.4 Å². The lowest BCUT2D eigenvalue weighted by atomic mass is 10.0. The average Bonchev–Trinajstić information content (AvgIpc) is 2.62. The van der Waals surface area contributed by atoms with Crippen molar-refractivity contribution in [1.29, 1.82) is 0 Å². The van der Waals surface area contributed by atoms with Crippen molar-refractivity contribution >= 4 is 12.4 Å². The van der Waals surface area contributed by atoms with Crippen LogP contribution in [0.2, 0.25) is 0 Å². The molecule has 1 rings (SSSR count). The van der Waals surface area contributed by atoms with Gasteiger partial charge >= 0.3 is 0 Å². The van der Waals surface area contributed by atoms with Crippen molar-refractivity contribution in [3.05, 3.63) is 30.6 Å². The Kier molecular flexibility index (Phi) is 17.5. The molecular weight excluding hydrogens is 328 g/mol. The largest absolute Gasteiger partial charge is 0.199 e. The van der Waals surface area contributed by atoms with Crippen LogP contribution in [-0.2, 0) is 0 Å². The molecule has 0 aliphatic heterocycles. The van der Waals surface area contributed by atoms with Gasteiger partial charge in [0.25, 0.3) is 0 Å². The second-order valence-electron chi connectivity index (χ2n) is 7.23. The predicted molar refractivity (Wildman–Crippen MR) is 113 cm³/mol. The summed E-state index contributed by atoms with van der Waals surface area (Å²) in [6.07, 6.45) is 24.2. The Morgan fingerprint density at radius 1 is 0.600 bits per heavy atom. The Labute approximate surface area is 163 Å². The van der Waals surface area contributed by atoms with E-state index in [2.05, 4.69) is 54.2 Å². The number of pyridine rings is 1. The van der Waals surface area contributed by atoms with Crippen LogP contribution in [0.1, 0.15) is 96.8 Å². The SMILES string of the molecule is CCCCCCCCCCCCCCCCN(C)[n+]1ccccc1.Cl. The molecule has 0 bridgehead atoms. The van der Waals surface area contributed by atoms with E-state index in [1.807, 2.05) is 0 Å². The summed E-state index contributed by atoms with van der Waals surface area (Å²) in [5.41, 5.74) is 0. The summed E-state index contributed by atoms with van der Waals surface area (Å²) in [5, 5.41) is 2.29. The molecule has 0 aromatic carbocycles. The van der Waals surface area contributed by atoms with Crippen molar-refractivity contribution < 1.29 is 4.68 Å². The van der Waals surface area contributed by atoms with Crippen molar-refractivity contribution in [2.45, 2.75) is 96.8 Å². The average molecular weight is 370 g/mol. The summed E-state index contributed by atoms with van der Waals surface area (Å²) in [5.74, 6) is 0. The summed E-state index contributed by atoms with van der Waals surface area (Å²) >= 11 is 0. The second kappa shape index (κ2) is 18.0. The number of aromatic nitrogens is 1. The molecule has 0 aliphatic rings. The molecule has 0 saturated heterocycles. The molecule has 0 radical (unpaired) electrons. The lowest BCUT2D eigenvalue weighted by molar-refractivity contribution is -0.690. The number of hydrogen-bond donors (Lipinski definition) is 0. The predicted octanol–water partition coefficient (Wildman–Crippen LogP) is 6.45. The molecule has 2 nitrogen and oxygen atoms in total. The molecule has 3 heteroatoms. The van der Waals surface area contributed by atoms with E-state index in [4.69, 9.17) is 0 Å². The molecule has 1 heterocycles. The first kappa shape index (κ1) is 24.2. The van der Waals surface area contributed by atoms with Gasteiger partial charge in [0.05, 0.1) is 13.6 Å². The zero-order valence-electron chi connectivity index (χ0n) is 16.8. The van der Waals surface area contributed by atoms with Crippen LogP contribution in [0.5, 0.6) is 0 Å². The third-order valence-electron chi connectivity index (χ3n) is 4.93. The highest BCUT2D eigenvalue weighted by Gasteiger charge is 2.04. The molecule has 0 N–H and O–H groups in total. The normalized spacial score (nSPS) is 10.5. The maximum absolute atomic E-state index is 2.29. The van der Waals surface area contributed by atoms with Gasteiger partial charge in [-0.3, -0.25) is 0 Å². The fraction of sp³-hybridized carbons (Fsp3) is 0.773. The van der Waals surface area contributed by atoms with Gasteiger partial charge < -0.3 is 0 Å². The number of rotatable bonds is 16. The summed E-state index contributed by atoms with van der Waals surface area (Å²) in [4.78, 5) is 0. The summed E-state index contributed by atoms with van der Waals surface area (Å²) in [7, 11) is 2.17. The van der Waals surface area contributed by atoms with Gasteiger partial charge in [-0.25, -0.2) is 0 Å². The van der Waals surface area contributed by atoms with Gasteiger partial charge in [-0.05, 0) is 6.42 Å². The molecule has 0 spiro atoms. The Morgan fingerprint density at radius 3 is 1.44 bits per heavy atom. The minimum atomic E-state index is 0. The minimum Gasteiger partial charge on any atom is -0.184 e. The Hall–Kier alpha value is -0.760. The maximum Gasteiger partial charge on any atom is 0.199 e. The van der Waals surface area contributed by atoms with Gasteiger partial charge in [0, 0.05) is 12.1 Å². The highest BCUT2D eigenvalue weighted by atomic mass is 35.5. The number of unbranched alkanes of at least 4 members (excludes halogenated alkanes) is 13. The Balaban J connectivity index is 0.00000576. The fourth-order valence-electron chi connectivity index (χ4n) is 3.27. The van der Waals surface area contributed by atoms with E-state index in [1.54, 1.807) is 0 Å². The lowest BCUT2D eigenvalue weighted by Gasteiger charge is -2.11. The zero-order valence-corrected chi connectivity index (χ0v) is 17.6. The number of hydrogen-bond acceptors (Lipinski definition) is 1. The third-order valence-corrected chi connectivity index (χ3v) is 4.93. The van der Waals surface area contributed by atoms with Gasteiger partial charge in [-0.15, -0.1) is 12.4 Å². The van der Waals surface area contributed by atoms with Crippen LogP contribution in [0, 0.1) is 0 Å². The van der Waals surface area contributed by atoms with Crippen LogP contribution in [-0.4, -0.2) is 13.6 Å². The molecular formula is C22H42ClN2+. The van der Waals surface area contributed by atoms with E-state index in [9.17, 15) is 0 Å². The van der Waals surface area contributed by atoms with Crippen molar-refractivity contribution in [1.82, 2.24) is 0 Å². The smallest absolute Gasteiger partial charge is 0.184 e. The van der Waals surface area contributed by atoms with E-state index in [1.165, 1.54) is 89.9 Å². The van der Waals surface area contributed by atoms with Crippen LogP contribution in [0.3, 0.4) is 0 Å². The summed E-state index contributed by atoms with van der Waals surface area (Å²) < 4.78 is 2.17. The fourth-order valence-corrected chi connectivity index (χ4v) is 3.27. The number of nitrogens with zero attached hydrogens (tertiary/aromatic N) is 2. The molecule has 0 saturated carbocycles. The zero-order chi connectivity index (χ0) is 17.3. The summed E-state index contributed by atoms with van der Waals surface area (Å²) in [6, 6.07) is 6.24. The van der Waals surface area contributed by atoms with Gasteiger partial charge in [0.2, 0.25) is 0 Å². The number of halogens is 1. The van der Waals surface area contributed by atoms with Crippen molar-refractivity contribution in [2.24, 2.45) is 0 Å². The third kappa shape index (κ3) is 14.1. The van der Waals surface area contributed by atoms with E-state index in [0.717, 1.165) is 6.54 Å². The molecule has 25 heavy (non-hydrogen) atoms. The lowest BCUT2D eigenvalue weighted by Crippen LogP contribution is -2.55. The first-order valence-electron chi connectivity index (χ1n) is 10.5. The Bertz CT molecular complexity index is 370. The molecule has 0 fully saturated rings. The van der Waals surface area contributed by atoms with E-state index in [0.29, 0.717) is 0 Å². The van der Waals surface area contributed by atoms with Crippen molar-refractivity contribution in [2.75, 3.05) is 18.6 Å². The van der Waals surface area contributed by atoms with Crippen LogP contribution >= 0.6 is 12.4 Å². The van der Waals surface area contributed by atoms with Gasteiger partial charge in [0.15, 0.2) is 12.4 Å². The first-order valence-corrected chi connectivity index (χ1v) is 10.5. The van der Waals surface area contributed by atoms with Crippen LogP contribution in [0.4, 0.5) is 0 Å². The minimum absolute atomic E-state index is 0. The second-order valence-corrected chi connectivity index (χ2v) is 7.23. The van der Waals surface area contributed by atoms with E-state index >= 15 is 0 Å². The van der Waals surface area contributed by atoms with Crippen molar-refractivity contribution in [3.8, 4) is 0 Å². The van der Waals surface area contributed by atoms with Crippen LogP contribution in [0.25, 0.3) is 0 Å². The summed E-state index contributed by atoms with van der Waals surface area (Å²) in [6.45, 7) is 3.44. The van der Waals surface area contributed by atoms with Crippen LogP contribution < -0.4 is 9.69 Å². The first-order chi connectivity index (χ1) is 11.8. The molecule has 0 amide bonds. The molecule has 1 aromatic heterocycles. The quantitative estimate of drug-likeness (QED) is 0.240. The van der Waals surface area contributed by atoms with Gasteiger partial charge in [0.1, 0.15) is 0 Å². The molecule has 0 atom stereocenters. The monoisotopic (exact) mass is 369 g/mol. The standard InChI is InChI=1S/C22H41N2.ClH/c1-3-4-5-6-7-8-9-10-11-12-13-14-15-17-20-23(2)24-21-18-16-19-22-24;/h16,18-19,21-22H,3-15,17,20H2,1-2H3;1H/q+1;. The highest BCUT2D eigenvalue weighted by molar-refractivity contribution is 5.85. The molecule has 146 valence electrons. The molecule has 1 aromatic rings. The molecule has 0 unspecified atom stereocenters. The van der Waals surface area contributed by atoms with Crippen LogP contribution in [0.15, 0.2) is 30.6 Å². The Morgan fingerprint density at radius 2 is 1.00 bits per heavy atom. The van der Waals surface area contributed by atoms with Gasteiger partial charge in [-0.1, -0.05) is 101 Å². The van der Waals surface area contributed by atoms with E-state index < -0.39 is 0 Å². The topological polar surface area (TPSA) is 7.12 Å². The maximum atomic E-state index is 2.29. The molecule has 0 aliphatic carbocycles.